The molecule has 1 aliphatic carbocycles. The van der Waals surface area contributed by atoms with E-state index in [9.17, 15) is 18.4 Å². The number of rotatable bonds is 7. The summed E-state index contributed by atoms with van der Waals surface area (Å²) in [4.78, 5) is 37.5. The van der Waals surface area contributed by atoms with Crippen LogP contribution in [0.5, 0.6) is 5.75 Å². The number of carbonyl (C=O) groups is 2. The number of fused-ring (bicyclic) bond motifs is 1. The van der Waals surface area contributed by atoms with Crippen LogP contribution in [0.4, 0.5) is 31.8 Å². The smallest absolute Gasteiger partial charge is 0.255 e. The molecule has 0 unspecified atom stereocenters. The fourth-order valence-corrected chi connectivity index (χ4v) is 7.29. The molecule has 1 aromatic carbocycles. The lowest BCUT2D eigenvalue weighted by atomic mass is 9.88. The highest BCUT2D eigenvalue weighted by molar-refractivity contribution is 6.04. The number of likely N-dealkylation sites (N-methyl/N-ethyl adjacent to an activating group) is 1. The maximum absolute atomic E-state index is 13.6. The van der Waals surface area contributed by atoms with Crippen LogP contribution in [0.15, 0.2) is 30.3 Å². The number of likely N-dealkylation sites (tertiary alicyclic amines) is 1. The van der Waals surface area contributed by atoms with Gasteiger partial charge in [-0.05, 0) is 75.8 Å². The first-order valence-electron chi connectivity index (χ1n) is 16.2. The number of nitrogens with one attached hydrogen (secondary N) is 2. The number of amides is 2. The van der Waals surface area contributed by atoms with Crippen LogP contribution in [0.2, 0.25) is 0 Å². The summed E-state index contributed by atoms with van der Waals surface area (Å²) in [6.45, 7) is 4.11. The van der Waals surface area contributed by atoms with Crippen molar-refractivity contribution in [3.63, 3.8) is 0 Å². The molecule has 3 fully saturated rings. The van der Waals surface area contributed by atoms with Gasteiger partial charge in [0.2, 0.25) is 5.91 Å². The van der Waals surface area contributed by atoms with Crippen molar-refractivity contribution in [3.8, 4) is 5.75 Å². The number of hydrogen-bond acceptors (Lipinski definition) is 8. The van der Waals surface area contributed by atoms with E-state index < -0.39 is 5.92 Å². The molecule has 244 valence electrons. The standard InChI is InChI=1S/C33H44F2N6O4/c1-21-32(43)39(2)27-9-11-29(38-30(27)41(21)25-12-18-45-19-13-25)36-23-6-10-28(44-3)26(20-23)31(42)37-22-4-7-24(8-5-22)40-16-14-33(34,35)15-17-40/h6,9-11,20-22,24-25H,4-5,7-8,12-19H2,1-3H3,(H,36,38)(H,37,42)/t21-,22?,24?/m1/s1. The molecule has 4 heterocycles. The molecule has 10 nitrogen and oxygen atoms in total. The molecule has 12 heteroatoms. The Kier molecular flexibility index (Phi) is 9.15. The number of carbonyl (C=O) groups excluding carboxylic acids is 2. The number of methoxy groups -OCH3 is 1. The van der Waals surface area contributed by atoms with Gasteiger partial charge in [0.1, 0.15) is 17.6 Å². The van der Waals surface area contributed by atoms with Crippen LogP contribution in [0.3, 0.4) is 0 Å². The Hall–Kier alpha value is -3.51. The van der Waals surface area contributed by atoms with Gasteiger partial charge in [-0.1, -0.05) is 0 Å². The number of hydrogen-bond donors (Lipinski definition) is 2. The Morgan fingerprint density at radius 1 is 1.02 bits per heavy atom. The Labute approximate surface area is 263 Å². The summed E-state index contributed by atoms with van der Waals surface area (Å²) in [7, 11) is 3.32. The second-order valence-corrected chi connectivity index (χ2v) is 12.8. The number of ether oxygens (including phenoxy) is 2. The number of anilines is 4. The lowest BCUT2D eigenvalue weighted by Gasteiger charge is -2.44. The van der Waals surface area contributed by atoms with Crippen LogP contribution in [0.25, 0.3) is 0 Å². The molecule has 45 heavy (non-hydrogen) atoms. The highest BCUT2D eigenvalue weighted by Gasteiger charge is 2.40. The van der Waals surface area contributed by atoms with Crippen molar-refractivity contribution < 1.29 is 27.8 Å². The van der Waals surface area contributed by atoms with Crippen LogP contribution in [-0.2, 0) is 9.53 Å². The second-order valence-electron chi connectivity index (χ2n) is 12.8. The third-order valence-electron chi connectivity index (χ3n) is 9.94. The Morgan fingerprint density at radius 3 is 2.42 bits per heavy atom. The fourth-order valence-electron chi connectivity index (χ4n) is 7.29. The lowest BCUT2D eigenvalue weighted by molar-refractivity contribution is -0.119. The van der Waals surface area contributed by atoms with E-state index >= 15 is 0 Å². The first-order valence-corrected chi connectivity index (χ1v) is 16.2. The van der Waals surface area contributed by atoms with Crippen LogP contribution < -0.4 is 25.2 Å². The van der Waals surface area contributed by atoms with Crippen LogP contribution in [0, 0.1) is 0 Å². The van der Waals surface area contributed by atoms with Gasteiger partial charge in [-0.25, -0.2) is 13.8 Å². The predicted molar refractivity (Wildman–Crippen MR) is 169 cm³/mol. The third-order valence-corrected chi connectivity index (χ3v) is 9.94. The molecule has 1 atom stereocenters. The number of aromatic nitrogens is 1. The summed E-state index contributed by atoms with van der Waals surface area (Å²) in [5, 5.41) is 6.54. The van der Waals surface area contributed by atoms with Gasteiger partial charge in [0.25, 0.3) is 11.8 Å². The average molecular weight is 627 g/mol. The molecule has 0 radical (unpaired) electrons. The van der Waals surface area contributed by atoms with E-state index in [1.54, 1.807) is 31.2 Å². The van der Waals surface area contributed by atoms with E-state index in [0.717, 1.165) is 50.0 Å². The average Bonchev–Trinajstić information content (AvgIpc) is 3.05. The molecular formula is C33H44F2N6O4. The highest BCUT2D eigenvalue weighted by Crippen LogP contribution is 2.39. The molecule has 6 rings (SSSR count). The van der Waals surface area contributed by atoms with Crippen LogP contribution >= 0.6 is 0 Å². The summed E-state index contributed by atoms with van der Waals surface area (Å²) in [5.74, 6) is -0.894. The number of pyridine rings is 1. The SMILES string of the molecule is COc1ccc(Nc2ccc3c(n2)N(C2CCOCC2)[C@H](C)C(=O)N3C)cc1C(=O)NC1CCC(N2CCC(F)(F)CC2)CC1. The largest absolute Gasteiger partial charge is 0.496 e. The number of piperidine rings is 1. The first-order chi connectivity index (χ1) is 21.6. The predicted octanol–water partition coefficient (Wildman–Crippen LogP) is 4.96. The van der Waals surface area contributed by atoms with Gasteiger partial charge in [0.15, 0.2) is 5.82 Å². The molecule has 3 aliphatic heterocycles. The van der Waals surface area contributed by atoms with E-state index in [0.29, 0.717) is 55.2 Å². The van der Waals surface area contributed by atoms with Crippen molar-refractivity contribution >= 4 is 34.8 Å². The minimum Gasteiger partial charge on any atom is -0.496 e. The minimum atomic E-state index is -2.54. The molecule has 1 saturated carbocycles. The van der Waals surface area contributed by atoms with Gasteiger partial charge in [-0.3, -0.25) is 14.5 Å². The van der Waals surface area contributed by atoms with Gasteiger partial charge in [0, 0.05) is 70.0 Å². The Balaban J connectivity index is 1.14. The topological polar surface area (TPSA) is 99.3 Å². The van der Waals surface area contributed by atoms with Gasteiger partial charge in [0.05, 0.1) is 18.4 Å². The zero-order valence-electron chi connectivity index (χ0n) is 26.4. The Bertz CT molecular complexity index is 1390. The van der Waals surface area contributed by atoms with Crippen molar-refractivity contribution in [2.75, 3.05) is 55.6 Å². The molecule has 2 amide bonds. The number of benzene rings is 1. The second kappa shape index (κ2) is 13.1. The molecular weight excluding hydrogens is 582 g/mol. The summed E-state index contributed by atoms with van der Waals surface area (Å²) in [5.41, 5.74) is 1.87. The van der Waals surface area contributed by atoms with E-state index in [4.69, 9.17) is 14.5 Å². The van der Waals surface area contributed by atoms with E-state index in [2.05, 4.69) is 20.4 Å². The monoisotopic (exact) mass is 626 g/mol. The van der Waals surface area contributed by atoms with Crippen molar-refractivity contribution in [1.29, 1.82) is 0 Å². The van der Waals surface area contributed by atoms with Crippen LogP contribution in [-0.4, -0.2) is 92.2 Å². The molecule has 1 aromatic heterocycles. The summed E-state index contributed by atoms with van der Waals surface area (Å²) < 4.78 is 38.3. The van der Waals surface area contributed by atoms with Gasteiger partial charge >= 0.3 is 0 Å². The van der Waals surface area contributed by atoms with Crippen molar-refractivity contribution in [2.24, 2.45) is 0 Å². The number of alkyl halides is 2. The van der Waals surface area contributed by atoms with E-state index in [1.807, 2.05) is 25.1 Å². The van der Waals surface area contributed by atoms with E-state index in [-0.39, 0.29) is 42.8 Å². The zero-order valence-corrected chi connectivity index (χ0v) is 26.4. The minimum absolute atomic E-state index is 0.0153. The number of nitrogens with zero attached hydrogens (tertiary/aromatic N) is 4. The van der Waals surface area contributed by atoms with Gasteiger partial charge < -0.3 is 29.9 Å². The normalized spacial score (nSPS) is 25.9. The zero-order chi connectivity index (χ0) is 31.7. The first kappa shape index (κ1) is 31.5. The maximum Gasteiger partial charge on any atom is 0.255 e. The van der Waals surface area contributed by atoms with Crippen molar-refractivity contribution in [1.82, 2.24) is 15.2 Å². The molecule has 0 bridgehead atoms. The lowest BCUT2D eigenvalue weighted by Crippen LogP contribution is -2.56. The summed E-state index contributed by atoms with van der Waals surface area (Å²) in [6, 6.07) is 9.25. The van der Waals surface area contributed by atoms with Crippen molar-refractivity contribution in [2.45, 2.75) is 88.4 Å². The summed E-state index contributed by atoms with van der Waals surface area (Å²) in [6.07, 6.45) is 4.89. The molecule has 2 N–H and O–H groups in total. The van der Waals surface area contributed by atoms with Gasteiger partial charge in [-0.15, -0.1) is 0 Å². The molecule has 4 aliphatic rings. The number of halogens is 2. The van der Waals surface area contributed by atoms with Crippen LogP contribution in [0.1, 0.15) is 68.6 Å². The third kappa shape index (κ3) is 6.72. The van der Waals surface area contributed by atoms with E-state index in [1.165, 1.54) is 0 Å². The quantitative estimate of drug-likeness (QED) is 0.446. The molecule has 2 saturated heterocycles. The fraction of sp³-hybridized carbons (Fsp3) is 0.606. The molecule has 0 spiro atoms. The molecule has 2 aromatic rings. The van der Waals surface area contributed by atoms with Gasteiger partial charge in [-0.2, -0.15) is 0 Å². The van der Waals surface area contributed by atoms with Crippen molar-refractivity contribution in [3.05, 3.63) is 35.9 Å². The Morgan fingerprint density at radius 2 is 1.73 bits per heavy atom. The highest BCUT2D eigenvalue weighted by atomic mass is 19.3. The summed E-state index contributed by atoms with van der Waals surface area (Å²) >= 11 is 0. The maximum atomic E-state index is 13.6.